The van der Waals surface area contributed by atoms with Gasteiger partial charge < -0.3 is 5.11 Å². The number of amides is 1. The number of rotatable bonds is 3. The van der Waals surface area contributed by atoms with Gasteiger partial charge >= 0.3 is 5.97 Å². The molecule has 1 aromatic rings. The van der Waals surface area contributed by atoms with E-state index in [2.05, 4.69) is 4.98 Å². The Labute approximate surface area is 119 Å². The molecule has 1 aliphatic heterocycles. The summed E-state index contributed by atoms with van der Waals surface area (Å²) in [7, 11) is 0. The molecule has 1 aliphatic rings. The van der Waals surface area contributed by atoms with Crippen LogP contribution in [-0.2, 0) is 9.59 Å². The maximum atomic E-state index is 12.1. The average Bonchev–Trinajstić information content (AvgIpc) is 2.65. The molecule has 0 unspecified atom stereocenters. The number of aliphatic carboxylic acids is 1. The molecule has 19 heavy (non-hydrogen) atoms. The van der Waals surface area contributed by atoms with Crippen molar-refractivity contribution < 1.29 is 14.7 Å². The van der Waals surface area contributed by atoms with E-state index in [1.807, 2.05) is 0 Å². The lowest BCUT2D eigenvalue weighted by atomic mass is 10.2. The first kappa shape index (κ1) is 13.7. The van der Waals surface area contributed by atoms with Crippen molar-refractivity contribution in [2.75, 3.05) is 0 Å². The number of carbonyl (C=O) groups is 2. The van der Waals surface area contributed by atoms with Gasteiger partial charge in [0.1, 0.15) is 10.4 Å². The van der Waals surface area contributed by atoms with Crippen LogP contribution in [0.1, 0.15) is 12.5 Å². The number of pyridine rings is 1. The second-order valence-corrected chi connectivity index (χ2v) is 5.52. The molecule has 0 saturated carbocycles. The third-order valence-electron chi connectivity index (χ3n) is 2.57. The van der Waals surface area contributed by atoms with Crippen LogP contribution in [0.3, 0.4) is 0 Å². The van der Waals surface area contributed by atoms with Crippen LogP contribution in [-0.4, -0.2) is 37.2 Å². The molecule has 0 bridgehead atoms. The normalized spacial score (nSPS) is 19.0. The molecule has 1 saturated heterocycles. The molecule has 1 amide bonds. The van der Waals surface area contributed by atoms with Crippen molar-refractivity contribution in [3.8, 4) is 0 Å². The van der Waals surface area contributed by atoms with Gasteiger partial charge in [0.15, 0.2) is 0 Å². The highest BCUT2D eigenvalue weighted by Crippen LogP contribution is 2.33. The van der Waals surface area contributed by atoms with Gasteiger partial charge in [-0.3, -0.25) is 14.7 Å². The first-order valence-electron chi connectivity index (χ1n) is 5.40. The van der Waals surface area contributed by atoms with E-state index in [0.717, 1.165) is 22.2 Å². The van der Waals surface area contributed by atoms with E-state index < -0.39 is 12.0 Å². The largest absolute Gasteiger partial charge is 0.480 e. The molecule has 0 aliphatic carbocycles. The fourth-order valence-electron chi connectivity index (χ4n) is 1.54. The maximum absolute atomic E-state index is 12.1. The van der Waals surface area contributed by atoms with Gasteiger partial charge in [0.05, 0.1) is 4.91 Å². The number of carbonyl (C=O) groups excluding carboxylic acids is 1. The Morgan fingerprint density at radius 2 is 2.16 bits per heavy atom. The van der Waals surface area contributed by atoms with Crippen LogP contribution in [0.2, 0.25) is 0 Å². The van der Waals surface area contributed by atoms with Gasteiger partial charge in [0, 0.05) is 12.4 Å². The van der Waals surface area contributed by atoms with Crippen molar-refractivity contribution in [3.63, 3.8) is 0 Å². The van der Waals surface area contributed by atoms with E-state index in [0.29, 0.717) is 4.91 Å². The Balaban J connectivity index is 2.28. The van der Waals surface area contributed by atoms with Crippen LogP contribution in [0, 0.1) is 0 Å². The first-order valence-corrected chi connectivity index (χ1v) is 6.63. The smallest absolute Gasteiger partial charge is 0.326 e. The Bertz CT molecular complexity index is 572. The van der Waals surface area contributed by atoms with Gasteiger partial charge in [0.25, 0.3) is 5.91 Å². The number of carboxylic acids is 1. The summed E-state index contributed by atoms with van der Waals surface area (Å²) in [5.74, 6) is -1.46. The van der Waals surface area contributed by atoms with Gasteiger partial charge in [-0.05, 0) is 30.7 Å². The van der Waals surface area contributed by atoms with E-state index >= 15 is 0 Å². The summed E-state index contributed by atoms with van der Waals surface area (Å²) in [4.78, 5) is 28.5. The first-order chi connectivity index (χ1) is 9.00. The summed E-state index contributed by atoms with van der Waals surface area (Å²) in [6, 6.07) is 2.55. The number of thioether (sulfide) groups is 1. The second-order valence-electron chi connectivity index (χ2n) is 3.85. The highest BCUT2D eigenvalue weighted by atomic mass is 32.2. The van der Waals surface area contributed by atoms with Crippen LogP contribution in [0.25, 0.3) is 6.08 Å². The third kappa shape index (κ3) is 2.82. The number of thiocarbonyl (C=S) groups is 1. The molecule has 0 radical (unpaired) electrons. The summed E-state index contributed by atoms with van der Waals surface area (Å²) in [5, 5.41) is 8.96. The lowest BCUT2D eigenvalue weighted by molar-refractivity contribution is -0.144. The topological polar surface area (TPSA) is 70.5 Å². The molecule has 5 nitrogen and oxygen atoms in total. The van der Waals surface area contributed by atoms with E-state index in [9.17, 15) is 9.59 Å². The van der Waals surface area contributed by atoms with Gasteiger partial charge in [-0.15, -0.1) is 0 Å². The summed E-state index contributed by atoms with van der Waals surface area (Å²) < 4.78 is 0.264. The molecule has 2 rings (SSSR count). The molecule has 2 heterocycles. The van der Waals surface area contributed by atoms with Crippen LogP contribution in [0.4, 0.5) is 0 Å². The van der Waals surface area contributed by atoms with Crippen molar-refractivity contribution >= 4 is 46.3 Å². The second kappa shape index (κ2) is 5.50. The van der Waals surface area contributed by atoms with Crippen molar-refractivity contribution in [1.29, 1.82) is 0 Å². The molecule has 1 N–H and O–H groups in total. The quantitative estimate of drug-likeness (QED) is 0.676. The third-order valence-corrected chi connectivity index (χ3v) is 3.90. The SMILES string of the molecule is C[C@@H](C(=O)O)N1C(=O)/C(=C/c2ccncc2)SC1=S. The summed E-state index contributed by atoms with van der Waals surface area (Å²) in [5.41, 5.74) is 0.818. The van der Waals surface area contributed by atoms with Gasteiger partial charge in [-0.25, -0.2) is 4.79 Å². The van der Waals surface area contributed by atoms with Gasteiger partial charge in [-0.1, -0.05) is 24.0 Å². The number of nitrogens with zero attached hydrogens (tertiary/aromatic N) is 2. The standard InChI is InChI=1S/C12H10N2O3S2/c1-7(11(16)17)14-10(15)9(19-12(14)18)6-8-2-4-13-5-3-8/h2-7H,1H3,(H,16,17)/b9-6-/t7-/m0/s1. The molecule has 1 atom stereocenters. The fourth-order valence-corrected chi connectivity index (χ4v) is 2.95. The number of hydrogen-bond acceptors (Lipinski definition) is 5. The predicted molar refractivity (Wildman–Crippen MR) is 76.3 cm³/mol. The number of aromatic nitrogens is 1. The minimum absolute atomic E-state index is 0.264. The zero-order valence-electron chi connectivity index (χ0n) is 9.94. The highest BCUT2D eigenvalue weighted by molar-refractivity contribution is 8.26. The molecule has 7 heteroatoms. The summed E-state index contributed by atoms with van der Waals surface area (Å²) in [6.45, 7) is 1.43. The van der Waals surface area contributed by atoms with Crippen LogP contribution >= 0.6 is 24.0 Å². The predicted octanol–water partition coefficient (Wildman–Crippen LogP) is 1.76. The van der Waals surface area contributed by atoms with E-state index in [-0.39, 0.29) is 10.2 Å². The van der Waals surface area contributed by atoms with E-state index in [1.165, 1.54) is 6.92 Å². The highest BCUT2D eigenvalue weighted by Gasteiger charge is 2.38. The Morgan fingerprint density at radius 1 is 1.53 bits per heavy atom. The fraction of sp³-hybridized carbons (Fsp3) is 0.167. The lowest BCUT2D eigenvalue weighted by Crippen LogP contribution is -2.41. The van der Waals surface area contributed by atoms with Crippen LogP contribution in [0.15, 0.2) is 29.4 Å². The molecule has 1 aromatic heterocycles. The van der Waals surface area contributed by atoms with Crippen LogP contribution in [0.5, 0.6) is 0 Å². The van der Waals surface area contributed by atoms with Crippen LogP contribution < -0.4 is 0 Å². The number of hydrogen-bond donors (Lipinski definition) is 1. The Kier molecular flexibility index (Phi) is 3.96. The number of carboxylic acid groups (broad SMARTS) is 1. The Morgan fingerprint density at radius 3 is 2.74 bits per heavy atom. The van der Waals surface area contributed by atoms with Crippen molar-refractivity contribution in [2.45, 2.75) is 13.0 Å². The molecule has 0 spiro atoms. The lowest BCUT2D eigenvalue weighted by Gasteiger charge is -2.18. The monoisotopic (exact) mass is 294 g/mol. The summed E-state index contributed by atoms with van der Waals surface area (Å²) >= 11 is 6.17. The van der Waals surface area contributed by atoms with Crippen molar-refractivity contribution in [2.24, 2.45) is 0 Å². The van der Waals surface area contributed by atoms with Gasteiger partial charge in [0.2, 0.25) is 0 Å². The molecule has 1 fully saturated rings. The van der Waals surface area contributed by atoms with Gasteiger partial charge in [-0.2, -0.15) is 0 Å². The zero-order chi connectivity index (χ0) is 14.0. The molecular weight excluding hydrogens is 284 g/mol. The van der Waals surface area contributed by atoms with E-state index in [1.54, 1.807) is 30.6 Å². The van der Waals surface area contributed by atoms with E-state index in [4.69, 9.17) is 17.3 Å². The Hall–Kier alpha value is -1.73. The molecule has 0 aromatic carbocycles. The maximum Gasteiger partial charge on any atom is 0.326 e. The van der Waals surface area contributed by atoms with Crippen molar-refractivity contribution in [1.82, 2.24) is 9.88 Å². The summed E-state index contributed by atoms with van der Waals surface area (Å²) in [6.07, 6.45) is 4.91. The zero-order valence-corrected chi connectivity index (χ0v) is 11.6. The minimum Gasteiger partial charge on any atom is -0.480 e. The molecular formula is C12H10N2O3S2. The minimum atomic E-state index is -1.08. The van der Waals surface area contributed by atoms with Crippen molar-refractivity contribution in [3.05, 3.63) is 35.0 Å². The molecule has 98 valence electrons. The average molecular weight is 294 g/mol.